The highest BCUT2D eigenvalue weighted by atomic mass is 127. The second-order valence-electron chi connectivity index (χ2n) is 6.12. The zero-order valence-electron chi connectivity index (χ0n) is 11.8. The standard InChI is InChI=1S/C17H24FI/c1-13-6-8-14(9-7-13)4-2-3-5-15-10-11-17(19)16(18)12-15/h10-14H,2-9H2,1H3. The summed E-state index contributed by atoms with van der Waals surface area (Å²) in [7, 11) is 0. The molecule has 0 aliphatic heterocycles. The molecule has 2 rings (SSSR count). The number of rotatable bonds is 5. The maximum absolute atomic E-state index is 13.4. The summed E-state index contributed by atoms with van der Waals surface area (Å²) in [6.07, 6.45) is 10.6. The van der Waals surface area contributed by atoms with Gasteiger partial charge in [-0.1, -0.05) is 51.5 Å². The Hall–Kier alpha value is -0.120. The van der Waals surface area contributed by atoms with Crippen LogP contribution in [0.25, 0.3) is 0 Å². The molecule has 0 amide bonds. The van der Waals surface area contributed by atoms with Crippen LogP contribution in [0.4, 0.5) is 4.39 Å². The van der Waals surface area contributed by atoms with Crippen molar-refractivity contribution in [3.8, 4) is 0 Å². The van der Waals surface area contributed by atoms with Crippen molar-refractivity contribution in [2.45, 2.75) is 58.3 Å². The van der Waals surface area contributed by atoms with Crippen LogP contribution in [0.3, 0.4) is 0 Å². The van der Waals surface area contributed by atoms with Gasteiger partial charge in [-0.2, -0.15) is 0 Å². The predicted molar refractivity (Wildman–Crippen MR) is 87.8 cm³/mol. The van der Waals surface area contributed by atoms with Gasteiger partial charge in [-0.05, 0) is 65.0 Å². The molecule has 0 saturated heterocycles. The molecule has 0 N–H and O–H groups in total. The van der Waals surface area contributed by atoms with Crippen molar-refractivity contribution >= 4 is 22.6 Å². The van der Waals surface area contributed by atoms with Crippen molar-refractivity contribution in [1.29, 1.82) is 0 Å². The summed E-state index contributed by atoms with van der Waals surface area (Å²) < 4.78 is 14.1. The first-order valence-electron chi connectivity index (χ1n) is 7.59. The topological polar surface area (TPSA) is 0 Å². The number of aryl methyl sites for hydroxylation is 1. The Morgan fingerprint density at radius 2 is 1.89 bits per heavy atom. The van der Waals surface area contributed by atoms with E-state index in [2.05, 4.69) is 13.0 Å². The van der Waals surface area contributed by atoms with Crippen LogP contribution in [0.5, 0.6) is 0 Å². The SMILES string of the molecule is CC1CCC(CCCCc2ccc(I)c(F)c2)CC1. The lowest BCUT2D eigenvalue weighted by Gasteiger charge is -2.26. The zero-order valence-corrected chi connectivity index (χ0v) is 14.0. The Balaban J connectivity index is 1.65. The van der Waals surface area contributed by atoms with E-state index in [-0.39, 0.29) is 5.82 Å². The van der Waals surface area contributed by atoms with Crippen molar-refractivity contribution in [2.24, 2.45) is 11.8 Å². The highest BCUT2D eigenvalue weighted by Gasteiger charge is 2.17. The van der Waals surface area contributed by atoms with Crippen molar-refractivity contribution in [2.75, 3.05) is 0 Å². The molecular weight excluding hydrogens is 350 g/mol. The van der Waals surface area contributed by atoms with Gasteiger partial charge < -0.3 is 0 Å². The van der Waals surface area contributed by atoms with E-state index >= 15 is 0 Å². The van der Waals surface area contributed by atoms with E-state index in [0.717, 1.165) is 27.4 Å². The Labute approximate surface area is 130 Å². The molecule has 0 radical (unpaired) electrons. The molecule has 1 aliphatic carbocycles. The van der Waals surface area contributed by atoms with Gasteiger partial charge in [0.25, 0.3) is 0 Å². The Bertz CT molecular complexity index is 394. The molecule has 0 nitrogen and oxygen atoms in total. The third kappa shape index (κ3) is 5.05. The quantitative estimate of drug-likeness (QED) is 0.440. The maximum Gasteiger partial charge on any atom is 0.136 e. The van der Waals surface area contributed by atoms with Gasteiger partial charge in [0.2, 0.25) is 0 Å². The number of halogens is 2. The van der Waals surface area contributed by atoms with E-state index in [1.165, 1.54) is 44.9 Å². The summed E-state index contributed by atoms with van der Waals surface area (Å²) in [5, 5.41) is 0. The van der Waals surface area contributed by atoms with Crippen LogP contribution < -0.4 is 0 Å². The van der Waals surface area contributed by atoms with Crippen molar-refractivity contribution in [3.63, 3.8) is 0 Å². The van der Waals surface area contributed by atoms with Gasteiger partial charge in [0.15, 0.2) is 0 Å². The third-order valence-electron chi connectivity index (χ3n) is 4.45. The molecule has 0 bridgehead atoms. The van der Waals surface area contributed by atoms with Gasteiger partial charge in [0.1, 0.15) is 5.82 Å². The summed E-state index contributed by atoms with van der Waals surface area (Å²) in [5.74, 6) is 1.84. The van der Waals surface area contributed by atoms with Crippen LogP contribution in [-0.2, 0) is 6.42 Å². The van der Waals surface area contributed by atoms with E-state index < -0.39 is 0 Å². The monoisotopic (exact) mass is 374 g/mol. The van der Waals surface area contributed by atoms with Crippen LogP contribution in [0.2, 0.25) is 0 Å². The molecule has 19 heavy (non-hydrogen) atoms. The minimum Gasteiger partial charge on any atom is -0.206 e. The molecule has 1 fully saturated rings. The second-order valence-corrected chi connectivity index (χ2v) is 7.28. The number of unbranched alkanes of at least 4 members (excludes halogenated alkanes) is 1. The summed E-state index contributed by atoms with van der Waals surface area (Å²) >= 11 is 2.04. The summed E-state index contributed by atoms with van der Waals surface area (Å²) in [5.41, 5.74) is 1.15. The number of hydrogen-bond donors (Lipinski definition) is 0. The molecule has 0 heterocycles. The van der Waals surface area contributed by atoms with Crippen molar-refractivity contribution in [1.82, 2.24) is 0 Å². The molecule has 0 aromatic heterocycles. The lowest BCUT2D eigenvalue weighted by atomic mass is 9.80. The minimum atomic E-state index is -0.0700. The molecule has 1 aliphatic rings. The fourth-order valence-corrected chi connectivity index (χ4v) is 3.41. The summed E-state index contributed by atoms with van der Waals surface area (Å²) in [6.45, 7) is 2.38. The van der Waals surface area contributed by atoms with Crippen molar-refractivity contribution < 1.29 is 4.39 Å². The zero-order chi connectivity index (χ0) is 13.7. The Morgan fingerprint density at radius 3 is 2.58 bits per heavy atom. The molecule has 1 saturated carbocycles. The molecule has 106 valence electrons. The summed E-state index contributed by atoms with van der Waals surface area (Å²) in [4.78, 5) is 0. The average Bonchev–Trinajstić information content (AvgIpc) is 2.41. The lowest BCUT2D eigenvalue weighted by Crippen LogP contribution is -2.12. The minimum absolute atomic E-state index is 0.0700. The normalized spacial score (nSPS) is 23.5. The smallest absolute Gasteiger partial charge is 0.136 e. The van der Waals surface area contributed by atoms with Crippen LogP contribution >= 0.6 is 22.6 Å². The van der Waals surface area contributed by atoms with E-state index in [4.69, 9.17) is 0 Å². The van der Waals surface area contributed by atoms with Gasteiger partial charge in [-0.15, -0.1) is 0 Å². The summed E-state index contributed by atoms with van der Waals surface area (Å²) in [6, 6.07) is 5.64. The van der Waals surface area contributed by atoms with Crippen molar-refractivity contribution in [3.05, 3.63) is 33.1 Å². The van der Waals surface area contributed by atoms with Gasteiger partial charge in [0.05, 0.1) is 0 Å². The van der Waals surface area contributed by atoms with Crippen LogP contribution in [0.15, 0.2) is 18.2 Å². The molecular formula is C17H24FI. The fourth-order valence-electron chi connectivity index (χ4n) is 3.08. The molecule has 0 unspecified atom stereocenters. The largest absolute Gasteiger partial charge is 0.206 e. The fraction of sp³-hybridized carbons (Fsp3) is 0.647. The van der Waals surface area contributed by atoms with Gasteiger partial charge in [0, 0.05) is 3.57 Å². The molecule has 0 spiro atoms. The first-order valence-corrected chi connectivity index (χ1v) is 8.67. The van der Waals surface area contributed by atoms with Crippen LogP contribution in [0.1, 0.15) is 57.4 Å². The predicted octanol–water partition coefficient (Wildman–Crippen LogP) is 5.97. The van der Waals surface area contributed by atoms with Gasteiger partial charge >= 0.3 is 0 Å². The molecule has 2 heteroatoms. The third-order valence-corrected chi connectivity index (χ3v) is 5.32. The number of hydrogen-bond acceptors (Lipinski definition) is 0. The molecule has 1 aromatic rings. The average molecular weight is 374 g/mol. The van der Waals surface area contributed by atoms with E-state index in [9.17, 15) is 4.39 Å². The van der Waals surface area contributed by atoms with Crippen LogP contribution in [0, 0.1) is 21.2 Å². The van der Waals surface area contributed by atoms with Crippen LogP contribution in [-0.4, -0.2) is 0 Å². The first kappa shape index (κ1) is 15.3. The highest BCUT2D eigenvalue weighted by molar-refractivity contribution is 14.1. The lowest BCUT2D eigenvalue weighted by molar-refractivity contribution is 0.272. The van der Waals surface area contributed by atoms with Gasteiger partial charge in [-0.25, -0.2) is 4.39 Å². The first-order chi connectivity index (χ1) is 9.15. The Morgan fingerprint density at radius 1 is 1.16 bits per heavy atom. The Kier molecular flexibility index (Phi) is 6.11. The second kappa shape index (κ2) is 7.61. The molecule has 1 aromatic carbocycles. The van der Waals surface area contributed by atoms with E-state index in [0.29, 0.717) is 0 Å². The highest BCUT2D eigenvalue weighted by Crippen LogP contribution is 2.31. The van der Waals surface area contributed by atoms with E-state index in [1.807, 2.05) is 28.7 Å². The van der Waals surface area contributed by atoms with E-state index in [1.54, 1.807) is 6.07 Å². The molecule has 0 atom stereocenters. The van der Waals surface area contributed by atoms with Gasteiger partial charge in [-0.3, -0.25) is 0 Å². The maximum atomic E-state index is 13.4. The number of benzene rings is 1.